The van der Waals surface area contributed by atoms with Crippen LogP contribution in [-0.2, 0) is 0 Å². The number of rotatable bonds is 9. The van der Waals surface area contributed by atoms with Gasteiger partial charge in [-0.25, -0.2) is 0 Å². The topological polar surface area (TPSA) is 12.0 Å². The van der Waals surface area contributed by atoms with Crippen LogP contribution in [0.2, 0.25) is 0 Å². The minimum Gasteiger partial charge on any atom is -0.312 e. The Morgan fingerprint density at radius 2 is 1.71 bits per heavy atom. The van der Waals surface area contributed by atoms with Crippen LogP contribution >= 0.6 is 0 Å². The summed E-state index contributed by atoms with van der Waals surface area (Å²) in [6.45, 7) is 12.3. The maximum Gasteiger partial charge on any atom is 0.00966 e. The van der Waals surface area contributed by atoms with Gasteiger partial charge in [-0.3, -0.25) is 0 Å². The summed E-state index contributed by atoms with van der Waals surface area (Å²) < 4.78 is 0. The van der Waals surface area contributed by atoms with Crippen LogP contribution in [0.5, 0.6) is 0 Å². The minimum atomic E-state index is 0.252. The van der Waals surface area contributed by atoms with Gasteiger partial charge in [0.05, 0.1) is 0 Å². The highest BCUT2D eigenvalue weighted by Gasteiger charge is 2.06. The molecule has 1 heteroatoms. The fourth-order valence-corrected chi connectivity index (χ4v) is 1.88. The fourth-order valence-electron chi connectivity index (χ4n) is 1.88. The van der Waals surface area contributed by atoms with Crippen molar-refractivity contribution in [1.29, 1.82) is 0 Å². The second-order valence-corrected chi connectivity index (χ2v) is 6.18. The predicted octanol–water partition coefficient (Wildman–Crippen LogP) is 5.07. The number of allylic oxidation sites excluding steroid dienone is 1. The second-order valence-electron chi connectivity index (χ2n) is 6.18. The van der Waals surface area contributed by atoms with E-state index in [0.717, 1.165) is 13.0 Å². The number of hydrogen-bond donors (Lipinski definition) is 1. The molecule has 102 valence electrons. The summed E-state index contributed by atoms with van der Waals surface area (Å²) in [4.78, 5) is 0. The van der Waals surface area contributed by atoms with Gasteiger partial charge in [0.25, 0.3) is 0 Å². The zero-order chi connectivity index (χ0) is 13.1. The van der Waals surface area contributed by atoms with Crippen LogP contribution in [-0.4, -0.2) is 12.1 Å². The van der Waals surface area contributed by atoms with Crippen molar-refractivity contribution < 1.29 is 0 Å². The number of nitrogens with one attached hydrogen (secondary N) is 1. The van der Waals surface area contributed by atoms with Crippen LogP contribution in [0.1, 0.15) is 79.6 Å². The molecule has 17 heavy (non-hydrogen) atoms. The molecular formula is C16H33N. The van der Waals surface area contributed by atoms with E-state index < -0.39 is 0 Å². The molecule has 0 bridgehead atoms. The van der Waals surface area contributed by atoms with E-state index in [0.29, 0.717) is 0 Å². The second kappa shape index (κ2) is 9.70. The summed E-state index contributed by atoms with van der Waals surface area (Å²) in [5, 5.41) is 3.52. The van der Waals surface area contributed by atoms with Crippen molar-refractivity contribution in [3.63, 3.8) is 0 Å². The Morgan fingerprint density at radius 3 is 2.29 bits per heavy atom. The largest absolute Gasteiger partial charge is 0.312 e. The van der Waals surface area contributed by atoms with E-state index in [9.17, 15) is 0 Å². The first-order valence-electron chi connectivity index (χ1n) is 7.36. The molecule has 0 aromatic carbocycles. The molecular weight excluding hydrogens is 206 g/mol. The van der Waals surface area contributed by atoms with Crippen molar-refractivity contribution in [2.75, 3.05) is 6.54 Å². The lowest BCUT2D eigenvalue weighted by molar-refractivity contribution is 0.431. The first-order chi connectivity index (χ1) is 7.95. The molecule has 0 fully saturated rings. The summed E-state index contributed by atoms with van der Waals surface area (Å²) in [6.07, 6.45) is 11.8. The molecule has 1 nitrogen and oxygen atoms in total. The Bertz CT molecular complexity index is 198. The molecule has 0 spiro atoms. The zero-order valence-electron chi connectivity index (χ0n) is 12.7. The van der Waals surface area contributed by atoms with Crippen molar-refractivity contribution >= 4 is 0 Å². The molecule has 0 aliphatic heterocycles. The van der Waals surface area contributed by atoms with Crippen LogP contribution in [0.4, 0.5) is 0 Å². The van der Waals surface area contributed by atoms with Gasteiger partial charge in [-0.1, -0.05) is 44.3 Å². The Labute approximate surface area is 109 Å². The summed E-state index contributed by atoms with van der Waals surface area (Å²) >= 11 is 0. The maximum atomic E-state index is 3.52. The monoisotopic (exact) mass is 239 g/mol. The highest BCUT2D eigenvalue weighted by atomic mass is 14.9. The van der Waals surface area contributed by atoms with Crippen LogP contribution in [0.15, 0.2) is 11.6 Å². The third-order valence-electron chi connectivity index (χ3n) is 2.97. The normalized spacial score (nSPS) is 13.1. The summed E-state index contributed by atoms with van der Waals surface area (Å²) in [5.41, 5.74) is 1.82. The van der Waals surface area contributed by atoms with Crippen LogP contribution < -0.4 is 5.32 Å². The van der Waals surface area contributed by atoms with Gasteiger partial charge < -0.3 is 5.32 Å². The quantitative estimate of drug-likeness (QED) is 0.437. The van der Waals surface area contributed by atoms with E-state index in [1.807, 2.05) is 0 Å². The van der Waals surface area contributed by atoms with E-state index in [-0.39, 0.29) is 5.54 Å². The van der Waals surface area contributed by atoms with Gasteiger partial charge >= 0.3 is 0 Å². The van der Waals surface area contributed by atoms with Gasteiger partial charge in [-0.05, 0) is 53.5 Å². The lowest BCUT2D eigenvalue weighted by atomic mass is 10.1. The van der Waals surface area contributed by atoms with Gasteiger partial charge in [0, 0.05) is 5.54 Å². The van der Waals surface area contributed by atoms with Gasteiger partial charge in [-0.15, -0.1) is 0 Å². The zero-order valence-corrected chi connectivity index (χ0v) is 12.7. The van der Waals surface area contributed by atoms with Gasteiger partial charge in [0.1, 0.15) is 0 Å². The molecule has 0 atom stereocenters. The van der Waals surface area contributed by atoms with Crippen LogP contribution in [0.3, 0.4) is 0 Å². The van der Waals surface area contributed by atoms with Crippen LogP contribution in [0.25, 0.3) is 0 Å². The summed E-state index contributed by atoms with van der Waals surface area (Å²) in [6, 6.07) is 0. The molecule has 0 aliphatic rings. The lowest BCUT2D eigenvalue weighted by Gasteiger charge is -2.19. The van der Waals surface area contributed by atoms with Gasteiger partial charge in [0.2, 0.25) is 0 Å². The molecule has 0 saturated carbocycles. The standard InChI is InChI=1S/C16H33N/c1-6-7-8-9-10-12-15(2)13-11-14-17-16(3,4)5/h13,17H,6-12,14H2,1-5H3. The van der Waals surface area contributed by atoms with Gasteiger partial charge in [-0.2, -0.15) is 0 Å². The molecule has 0 aromatic rings. The van der Waals surface area contributed by atoms with E-state index in [1.54, 1.807) is 5.57 Å². The minimum absolute atomic E-state index is 0.252. The van der Waals surface area contributed by atoms with E-state index in [1.165, 1.54) is 38.5 Å². The average Bonchev–Trinajstić information content (AvgIpc) is 2.23. The molecule has 0 aliphatic carbocycles. The lowest BCUT2D eigenvalue weighted by Crippen LogP contribution is -2.36. The van der Waals surface area contributed by atoms with Crippen molar-refractivity contribution in [2.45, 2.75) is 85.1 Å². The summed E-state index contributed by atoms with van der Waals surface area (Å²) in [5.74, 6) is 0. The Kier molecular flexibility index (Phi) is 9.53. The number of unbranched alkanes of at least 4 members (excludes halogenated alkanes) is 4. The van der Waals surface area contributed by atoms with E-state index in [2.05, 4.69) is 46.0 Å². The van der Waals surface area contributed by atoms with Crippen molar-refractivity contribution in [3.8, 4) is 0 Å². The highest BCUT2D eigenvalue weighted by Crippen LogP contribution is 2.11. The van der Waals surface area contributed by atoms with Crippen molar-refractivity contribution in [1.82, 2.24) is 5.32 Å². The third-order valence-corrected chi connectivity index (χ3v) is 2.97. The maximum absolute atomic E-state index is 3.52. The van der Waals surface area contributed by atoms with E-state index in [4.69, 9.17) is 0 Å². The first kappa shape index (κ1) is 16.7. The molecule has 0 aromatic heterocycles. The highest BCUT2D eigenvalue weighted by molar-refractivity contribution is 4.98. The van der Waals surface area contributed by atoms with E-state index >= 15 is 0 Å². The average molecular weight is 239 g/mol. The molecule has 1 N–H and O–H groups in total. The fraction of sp³-hybridized carbons (Fsp3) is 0.875. The third kappa shape index (κ3) is 13.6. The predicted molar refractivity (Wildman–Crippen MR) is 79.5 cm³/mol. The Hall–Kier alpha value is -0.300. The molecule has 0 unspecified atom stereocenters. The van der Waals surface area contributed by atoms with Crippen LogP contribution in [0, 0.1) is 0 Å². The van der Waals surface area contributed by atoms with Crippen molar-refractivity contribution in [3.05, 3.63) is 11.6 Å². The van der Waals surface area contributed by atoms with Crippen molar-refractivity contribution in [2.24, 2.45) is 0 Å². The molecule has 0 amide bonds. The SMILES string of the molecule is CCCCCCCC(C)=CCCNC(C)(C)C. The Morgan fingerprint density at radius 1 is 1.06 bits per heavy atom. The molecule has 0 radical (unpaired) electrons. The molecule has 0 heterocycles. The molecule has 0 rings (SSSR count). The first-order valence-corrected chi connectivity index (χ1v) is 7.36. The Balaban J connectivity index is 3.45. The smallest absolute Gasteiger partial charge is 0.00966 e. The van der Waals surface area contributed by atoms with Gasteiger partial charge in [0.15, 0.2) is 0 Å². The molecule has 0 saturated heterocycles. The summed E-state index contributed by atoms with van der Waals surface area (Å²) in [7, 11) is 0. The number of hydrogen-bond acceptors (Lipinski definition) is 1.